The molecule has 1 aliphatic rings. The summed E-state index contributed by atoms with van der Waals surface area (Å²) in [4.78, 5) is 32.5. The molecule has 2 aromatic heterocycles. The molecule has 9 heteroatoms. The maximum Gasteiger partial charge on any atom is 0.321 e. The molecular weight excluding hydrogens is 420 g/mol. The van der Waals surface area contributed by atoms with E-state index < -0.39 is 0 Å². The van der Waals surface area contributed by atoms with E-state index in [1.54, 1.807) is 24.1 Å². The van der Waals surface area contributed by atoms with Crippen LogP contribution < -0.4 is 10.6 Å². The minimum Gasteiger partial charge on any atom is -0.379 e. The van der Waals surface area contributed by atoms with Crippen molar-refractivity contribution >= 4 is 34.4 Å². The Morgan fingerprint density at radius 2 is 2.15 bits per heavy atom. The molecule has 0 fully saturated rings. The number of imidazole rings is 1. The second kappa shape index (κ2) is 9.03. The van der Waals surface area contributed by atoms with Crippen LogP contribution in [0.3, 0.4) is 0 Å². The van der Waals surface area contributed by atoms with Crippen LogP contribution in [0.1, 0.15) is 32.8 Å². The Balaban J connectivity index is 1.71. The molecule has 0 spiro atoms. The molecule has 1 unspecified atom stereocenters. The first-order valence-electron chi connectivity index (χ1n) is 10.9. The molecule has 0 radical (unpaired) electrons. The van der Waals surface area contributed by atoms with Gasteiger partial charge in [0, 0.05) is 32.0 Å². The van der Waals surface area contributed by atoms with Crippen molar-refractivity contribution in [2.75, 3.05) is 19.0 Å². The number of aromatic nitrogens is 4. The van der Waals surface area contributed by atoms with Gasteiger partial charge in [-0.05, 0) is 62.6 Å². The van der Waals surface area contributed by atoms with E-state index in [4.69, 9.17) is 4.74 Å². The molecule has 2 heterocycles. The molecule has 3 aromatic rings. The van der Waals surface area contributed by atoms with Gasteiger partial charge in [-0.1, -0.05) is 12.2 Å². The standard InChI is InChI=1S/C24H28N6O3/c1-5-25-23(32)29-22-27-18-11-17(12-19(21(18)28-22)30-10-6-9-26-30)15-7-8-16(20(31)13-15)14-24(2,3)33-4/h6-13,16H,5,14H2,1-4H3,(H3,25,27,28,29,32). The third-order valence-electron chi connectivity index (χ3n) is 5.66. The number of anilines is 1. The van der Waals surface area contributed by atoms with Crippen molar-refractivity contribution in [2.24, 2.45) is 5.92 Å². The van der Waals surface area contributed by atoms with Crippen molar-refractivity contribution in [3.05, 3.63) is 54.4 Å². The van der Waals surface area contributed by atoms with Gasteiger partial charge in [-0.15, -0.1) is 0 Å². The average molecular weight is 449 g/mol. The van der Waals surface area contributed by atoms with Gasteiger partial charge in [-0.25, -0.2) is 14.5 Å². The molecule has 1 atom stereocenters. The van der Waals surface area contributed by atoms with Crippen molar-refractivity contribution in [3.8, 4) is 5.69 Å². The Morgan fingerprint density at radius 1 is 1.33 bits per heavy atom. The first kappa shape index (κ1) is 22.5. The minimum atomic E-state index is -0.384. The number of methoxy groups -OCH3 is 1. The van der Waals surface area contributed by atoms with Gasteiger partial charge < -0.3 is 15.0 Å². The van der Waals surface area contributed by atoms with E-state index in [0.29, 0.717) is 24.4 Å². The number of carbonyl (C=O) groups excluding carboxylic acids is 2. The second-order valence-electron chi connectivity index (χ2n) is 8.55. The highest BCUT2D eigenvalue weighted by Gasteiger charge is 2.27. The molecule has 1 aliphatic carbocycles. The van der Waals surface area contributed by atoms with Gasteiger partial charge in [-0.2, -0.15) is 5.10 Å². The number of allylic oxidation sites excluding steroid dienone is 4. The molecule has 9 nitrogen and oxygen atoms in total. The summed E-state index contributed by atoms with van der Waals surface area (Å²) in [6.07, 6.45) is 9.69. The fourth-order valence-electron chi connectivity index (χ4n) is 3.81. The van der Waals surface area contributed by atoms with E-state index in [1.807, 2.05) is 57.3 Å². The summed E-state index contributed by atoms with van der Waals surface area (Å²) in [5.41, 5.74) is 3.37. The molecule has 4 rings (SSSR count). The zero-order chi connectivity index (χ0) is 23.6. The number of fused-ring (bicyclic) bond motifs is 1. The van der Waals surface area contributed by atoms with Crippen LogP contribution >= 0.6 is 0 Å². The maximum absolute atomic E-state index is 12.9. The van der Waals surface area contributed by atoms with Crippen molar-refractivity contribution < 1.29 is 14.3 Å². The number of rotatable bonds is 7. The molecule has 3 N–H and O–H groups in total. The Hall–Kier alpha value is -3.72. The number of aromatic amines is 1. The van der Waals surface area contributed by atoms with Crippen molar-refractivity contribution in [1.82, 2.24) is 25.1 Å². The lowest BCUT2D eigenvalue weighted by atomic mass is 9.85. The number of urea groups is 1. The van der Waals surface area contributed by atoms with Gasteiger partial charge in [0.15, 0.2) is 5.78 Å². The molecule has 0 saturated heterocycles. The molecule has 33 heavy (non-hydrogen) atoms. The number of nitrogens with one attached hydrogen (secondary N) is 3. The van der Waals surface area contributed by atoms with Gasteiger partial charge in [-0.3, -0.25) is 10.1 Å². The third-order valence-corrected chi connectivity index (χ3v) is 5.66. The number of hydrogen-bond donors (Lipinski definition) is 3. The number of ketones is 1. The van der Waals surface area contributed by atoms with Crippen LogP contribution in [0.15, 0.2) is 48.8 Å². The van der Waals surface area contributed by atoms with Gasteiger partial charge in [0.2, 0.25) is 5.95 Å². The van der Waals surface area contributed by atoms with Gasteiger partial charge in [0.1, 0.15) is 0 Å². The van der Waals surface area contributed by atoms with Crippen LogP contribution in [-0.2, 0) is 9.53 Å². The fraction of sp³-hybridized carbons (Fsp3) is 0.333. The first-order valence-corrected chi connectivity index (χ1v) is 10.9. The third kappa shape index (κ3) is 4.88. The summed E-state index contributed by atoms with van der Waals surface area (Å²) in [5, 5.41) is 9.73. The number of amides is 2. The number of hydrogen-bond acceptors (Lipinski definition) is 5. The fourth-order valence-corrected chi connectivity index (χ4v) is 3.81. The van der Waals surface area contributed by atoms with E-state index in [9.17, 15) is 9.59 Å². The Kier molecular flexibility index (Phi) is 6.15. The highest BCUT2D eigenvalue weighted by molar-refractivity contribution is 6.04. The molecule has 2 amide bonds. The lowest BCUT2D eigenvalue weighted by Crippen LogP contribution is -2.29. The Bertz CT molecular complexity index is 1240. The molecule has 172 valence electrons. The molecular formula is C24H28N6O3. The van der Waals surface area contributed by atoms with Gasteiger partial charge in [0.25, 0.3) is 0 Å². The van der Waals surface area contributed by atoms with Crippen LogP contribution in [-0.4, -0.2) is 50.8 Å². The number of H-pyrrole nitrogens is 1. The van der Waals surface area contributed by atoms with E-state index >= 15 is 0 Å². The van der Waals surface area contributed by atoms with Crippen molar-refractivity contribution in [1.29, 1.82) is 0 Å². The Morgan fingerprint density at radius 3 is 2.82 bits per heavy atom. The van der Waals surface area contributed by atoms with Gasteiger partial charge >= 0.3 is 6.03 Å². The predicted octanol–water partition coefficient (Wildman–Crippen LogP) is 3.84. The number of nitrogens with zero attached hydrogens (tertiary/aromatic N) is 3. The summed E-state index contributed by atoms with van der Waals surface area (Å²) >= 11 is 0. The summed E-state index contributed by atoms with van der Waals surface area (Å²) in [5.74, 6) is 0.142. The van der Waals surface area contributed by atoms with Crippen molar-refractivity contribution in [2.45, 2.75) is 32.8 Å². The normalized spacial score (nSPS) is 16.2. The molecule has 0 bridgehead atoms. The highest BCUT2D eigenvalue weighted by atomic mass is 16.5. The van der Waals surface area contributed by atoms with E-state index in [-0.39, 0.29) is 23.3 Å². The zero-order valence-corrected chi connectivity index (χ0v) is 19.2. The number of benzene rings is 1. The SMILES string of the molecule is CCNC(=O)Nc1nc2cc(C3=CC(=O)C(CC(C)(C)OC)C=C3)cc(-n3cccn3)c2[nH]1. The van der Waals surface area contributed by atoms with Crippen LogP contribution in [0.5, 0.6) is 0 Å². The highest BCUT2D eigenvalue weighted by Crippen LogP contribution is 2.32. The van der Waals surface area contributed by atoms with Crippen LogP contribution in [0.25, 0.3) is 22.3 Å². The van der Waals surface area contributed by atoms with E-state index in [2.05, 4.69) is 25.7 Å². The van der Waals surface area contributed by atoms with Gasteiger partial charge in [0.05, 0.1) is 22.3 Å². The largest absolute Gasteiger partial charge is 0.379 e. The van der Waals surface area contributed by atoms with Crippen molar-refractivity contribution in [3.63, 3.8) is 0 Å². The molecule has 0 aliphatic heterocycles. The zero-order valence-electron chi connectivity index (χ0n) is 19.2. The lowest BCUT2D eigenvalue weighted by molar-refractivity contribution is -0.119. The van der Waals surface area contributed by atoms with Crippen LogP contribution in [0.2, 0.25) is 0 Å². The van der Waals surface area contributed by atoms with Crippen LogP contribution in [0.4, 0.5) is 10.7 Å². The predicted molar refractivity (Wildman–Crippen MR) is 127 cm³/mol. The summed E-state index contributed by atoms with van der Waals surface area (Å²) in [7, 11) is 1.66. The quantitative estimate of drug-likeness (QED) is 0.508. The van der Waals surface area contributed by atoms with E-state index in [1.165, 1.54) is 0 Å². The average Bonchev–Trinajstić information content (AvgIpc) is 3.44. The smallest absolute Gasteiger partial charge is 0.321 e. The topological polar surface area (TPSA) is 114 Å². The Labute approximate surface area is 191 Å². The molecule has 0 saturated carbocycles. The lowest BCUT2D eigenvalue weighted by Gasteiger charge is -2.27. The summed E-state index contributed by atoms with van der Waals surface area (Å²) in [6.45, 7) is 6.29. The van der Waals surface area contributed by atoms with Crippen LogP contribution in [0, 0.1) is 5.92 Å². The number of ether oxygens (including phenoxy) is 1. The summed E-state index contributed by atoms with van der Waals surface area (Å²) < 4.78 is 7.21. The number of carbonyl (C=O) groups is 2. The van der Waals surface area contributed by atoms with E-state index in [0.717, 1.165) is 22.3 Å². The first-order chi connectivity index (χ1) is 15.8. The molecule has 1 aromatic carbocycles. The maximum atomic E-state index is 12.9. The summed E-state index contributed by atoms with van der Waals surface area (Å²) in [6, 6.07) is 5.33. The monoisotopic (exact) mass is 448 g/mol. The minimum absolute atomic E-state index is 0.0407. The second-order valence-corrected chi connectivity index (χ2v) is 8.55.